The highest BCUT2D eigenvalue weighted by Crippen LogP contribution is 1.96. The van der Waals surface area contributed by atoms with Gasteiger partial charge in [-0.1, -0.05) is 0 Å². The molecule has 0 aliphatic carbocycles. The van der Waals surface area contributed by atoms with E-state index in [-0.39, 0.29) is 11.8 Å². The van der Waals surface area contributed by atoms with Gasteiger partial charge in [0.1, 0.15) is 5.88 Å². The van der Waals surface area contributed by atoms with Crippen molar-refractivity contribution in [3.05, 3.63) is 0 Å². The van der Waals surface area contributed by atoms with E-state index >= 15 is 0 Å². The normalized spacial score (nSPS) is 9.22. The van der Waals surface area contributed by atoms with E-state index in [1.54, 1.807) is 23.7 Å². The van der Waals surface area contributed by atoms with Crippen molar-refractivity contribution in [1.82, 2.24) is 4.90 Å². The number of halogens is 1. The third kappa shape index (κ3) is 3.65. The van der Waals surface area contributed by atoms with Gasteiger partial charge in [0.25, 0.3) is 0 Å². The number of hydrogen-bond donors (Lipinski definition) is 0. The summed E-state index contributed by atoms with van der Waals surface area (Å²) in [6.45, 7) is 0. The SMILES string of the molecule is CSCN(C)C(=O)CCl. The van der Waals surface area contributed by atoms with Gasteiger partial charge < -0.3 is 4.90 Å². The molecule has 54 valence electrons. The zero-order chi connectivity index (χ0) is 7.28. The summed E-state index contributed by atoms with van der Waals surface area (Å²) in [5, 5.41) is 0. The number of thioether (sulfide) groups is 1. The van der Waals surface area contributed by atoms with E-state index in [1.807, 2.05) is 6.26 Å². The van der Waals surface area contributed by atoms with Crippen LogP contribution in [0.5, 0.6) is 0 Å². The fourth-order valence-corrected chi connectivity index (χ4v) is 1.10. The van der Waals surface area contributed by atoms with Gasteiger partial charge in [-0.25, -0.2) is 0 Å². The van der Waals surface area contributed by atoms with Crippen molar-refractivity contribution >= 4 is 29.3 Å². The van der Waals surface area contributed by atoms with Crippen molar-refractivity contribution < 1.29 is 4.79 Å². The standard InChI is InChI=1S/C5H10ClNOS/c1-7(4-9-2)5(8)3-6/h3-4H2,1-2H3. The lowest BCUT2D eigenvalue weighted by molar-refractivity contribution is -0.126. The summed E-state index contributed by atoms with van der Waals surface area (Å²) in [7, 11) is 1.74. The van der Waals surface area contributed by atoms with Crippen LogP contribution in [0.25, 0.3) is 0 Å². The number of rotatable bonds is 3. The molecule has 1 amide bonds. The van der Waals surface area contributed by atoms with Crippen LogP contribution in [-0.2, 0) is 4.79 Å². The smallest absolute Gasteiger partial charge is 0.237 e. The Kier molecular flexibility index (Phi) is 5.00. The summed E-state index contributed by atoms with van der Waals surface area (Å²) in [6, 6.07) is 0. The first-order valence-electron chi connectivity index (χ1n) is 2.51. The maximum absolute atomic E-state index is 10.7. The van der Waals surface area contributed by atoms with Crippen LogP contribution in [0.3, 0.4) is 0 Å². The van der Waals surface area contributed by atoms with Crippen molar-refractivity contribution in [2.24, 2.45) is 0 Å². The quantitative estimate of drug-likeness (QED) is 0.462. The molecule has 0 bridgehead atoms. The maximum Gasteiger partial charge on any atom is 0.237 e. The third-order valence-corrected chi connectivity index (χ3v) is 1.74. The average Bonchev–Trinajstić information content (AvgIpc) is 1.87. The van der Waals surface area contributed by atoms with Crippen LogP contribution in [0.1, 0.15) is 0 Å². The lowest BCUT2D eigenvalue weighted by Crippen LogP contribution is -2.26. The second-order valence-electron chi connectivity index (χ2n) is 1.64. The van der Waals surface area contributed by atoms with Crippen LogP contribution < -0.4 is 0 Å². The lowest BCUT2D eigenvalue weighted by Gasteiger charge is -2.12. The second kappa shape index (κ2) is 4.94. The van der Waals surface area contributed by atoms with Gasteiger partial charge in [0.2, 0.25) is 5.91 Å². The van der Waals surface area contributed by atoms with E-state index in [4.69, 9.17) is 11.6 Å². The highest BCUT2D eigenvalue weighted by Gasteiger charge is 2.03. The highest BCUT2D eigenvalue weighted by atomic mass is 35.5. The van der Waals surface area contributed by atoms with E-state index in [2.05, 4.69) is 0 Å². The van der Waals surface area contributed by atoms with E-state index in [1.165, 1.54) is 0 Å². The van der Waals surface area contributed by atoms with Crippen molar-refractivity contribution in [1.29, 1.82) is 0 Å². The molecule has 0 saturated heterocycles. The van der Waals surface area contributed by atoms with Crippen molar-refractivity contribution in [2.75, 3.05) is 25.1 Å². The summed E-state index contributed by atoms with van der Waals surface area (Å²) in [6.07, 6.45) is 1.94. The van der Waals surface area contributed by atoms with Crippen molar-refractivity contribution in [3.63, 3.8) is 0 Å². The van der Waals surface area contributed by atoms with Crippen LogP contribution in [0.15, 0.2) is 0 Å². The average molecular weight is 168 g/mol. The minimum absolute atomic E-state index is 0.0222. The fraction of sp³-hybridized carbons (Fsp3) is 0.800. The predicted molar refractivity (Wildman–Crippen MR) is 41.9 cm³/mol. The molecule has 0 heterocycles. The van der Waals surface area contributed by atoms with Crippen LogP contribution in [-0.4, -0.2) is 35.9 Å². The molecule has 0 aromatic heterocycles. The Morgan fingerprint density at radius 2 is 2.33 bits per heavy atom. The molecular weight excluding hydrogens is 158 g/mol. The zero-order valence-corrected chi connectivity index (χ0v) is 7.13. The number of alkyl halides is 1. The molecule has 0 fully saturated rings. The first kappa shape index (κ1) is 9.11. The molecule has 9 heavy (non-hydrogen) atoms. The predicted octanol–water partition coefficient (Wildman–Crippen LogP) is 1.00. The molecule has 0 N–H and O–H groups in total. The van der Waals surface area contributed by atoms with Gasteiger partial charge >= 0.3 is 0 Å². The monoisotopic (exact) mass is 167 g/mol. The fourth-order valence-electron chi connectivity index (χ4n) is 0.368. The summed E-state index contributed by atoms with van der Waals surface area (Å²) >= 11 is 6.88. The molecule has 0 aliphatic rings. The number of amides is 1. The van der Waals surface area contributed by atoms with Crippen LogP contribution in [0.2, 0.25) is 0 Å². The van der Waals surface area contributed by atoms with Crippen LogP contribution >= 0.6 is 23.4 Å². The molecule has 0 unspecified atom stereocenters. The molecule has 2 nitrogen and oxygen atoms in total. The maximum atomic E-state index is 10.7. The van der Waals surface area contributed by atoms with Gasteiger partial charge in [-0.05, 0) is 6.26 Å². The van der Waals surface area contributed by atoms with Crippen molar-refractivity contribution in [3.8, 4) is 0 Å². The van der Waals surface area contributed by atoms with Crippen LogP contribution in [0, 0.1) is 0 Å². The Hall–Kier alpha value is 0.110. The Morgan fingerprint density at radius 1 is 1.78 bits per heavy atom. The first-order valence-corrected chi connectivity index (χ1v) is 4.44. The van der Waals surface area contributed by atoms with Gasteiger partial charge in [0.05, 0.1) is 5.88 Å². The molecule has 0 aromatic rings. The van der Waals surface area contributed by atoms with Gasteiger partial charge in [-0.2, -0.15) is 0 Å². The molecule has 0 atom stereocenters. The molecule has 0 saturated carbocycles. The van der Waals surface area contributed by atoms with Gasteiger partial charge in [-0.15, -0.1) is 23.4 Å². The van der Waals surface area contributed by atoms with Gasteiger partial charge in [0.15, 0.2) is 0 Å². The molecule has 0 radical (unpaired) electrons. The molecule has 0 spiro atoms. The van der Waals surface area contributed by atoms with E-state index in [9.17, 15) is 4.79 Å². The molecule has 0 aromatic carbocycles. The highest BCUT2D eigenvalue weighted by molar-refractivity contribution is 7.98. The molecule has 0 rings (SSSR count). The topological polar surface area (TPSA) is 20.3 Å². The zero-order valence-electron chi connectivity index (χ0n) is 5.56. The van der Waals surface area contributed by atoms with E-state index in [0.29, 0.717) is 5.88 Å². The van der Waals surface area contributed by atoms with Crippen molar-refractivity contribution in [2.45, 2.75) is 0 Å². The third-order valence-electron chi connectivity index (χ3n) is 0.863. The number of carbonyl (C=O) groups is 1. The lowest BCUT2D eigenvalue weighted by atomic mass is 10.6. The number of carbonyl (C=O) groups excluding carboxylic acids is 1. The number of hydrogen-bond acceptors (Lipinski definition) is 2. The molecule has 4 heteroatoms. The summed E-state index contributed by atoms with van der Waals surface area (Å²) < 4.78 is 0. The second-order valence-corrected chi connectivity index (χ2v) is 2.75. The summed E-state index contributed by atoms with van der Waals surface area (Å²) in [5.41, 5.74) is 0. The van der Waals surface area contributed by atoms with Gasteiger partial charge in [-0.3, -0.25) is 4.79 Å². The van der Waals surface area contributed by atoms with E-state index < -0.39 is 0 Å². The Morgan fingerprint density at radius 3 is 2.67 bits per heavy atom. The van der Waals surface area contributed by atoms with E-state index in [0.717, 1.165) is 0 Å². The number of nitrogens with zero attached hydrogens (tertiary/aromatic N) is 1. The Labute approximate surface area is 64.5 Å². The Balaban J connectivity index is 3.45. The summed E-state index contributed by atoms with van der Waals surface area (Å²) in [5.74, 6) is 0.772. The molecule has 0 aliphatic heterocycles. The largest absolute Gasteiger partial charge is 0.335 e. The Bertz CT molecular complexity index is 99.0. The first-order chi connectivity index (χ1) is 4.22. The molecular formula is C5H10ClNOS. The minimum atomic E-state index is -0.0222. The summed E-state index contributed by atoms with van der Waals surface area (Å²) in [4.78, 5) is 12.3. The minimum Gasteiger partial charge on any atom is -0.335 e. The van der Waals surface area contributed by atoms with Gasteiger partial charge in [0, 0.05) is 7.05 Å². The van der Waals surface area contributed by atoms with Crippen LogP contribution in [0.4, 0.5) is 0 Å².